The van der Waals surface area contributed by atoms with Gasteiger partial charge in [-0.05, 0) is 83.1 Å². The maximum absolute atomic E-state index is 6.48. The molecule has 0 atom stereocenters. The van der Waals surface area contributed by atoms with Gasteiger partial charge in [0.2, 0.25) is 22.2 Å². The second kappa shape index (κ2) is 31.4. The summed E-state index contributed by atoms with van der Waals surface area (Å²) in [5, 5.41) is 0. The zero-order valence-corrected chi connectivity index (χ0v) is 53.0. The monoisotopic (exact) mass is 1410 g/mol. The van der Waals surface area contributed by atoms with Crippen molar-refractivity contribution in [3.63, 3.8) is 0 Å². The first-order chi connectivity index (χ1) is 22.9. The van der Waals surface area contributed by atoms with Gasteiger partial charge in [0.25, 0.3) is 0 Å². The van der Waals surface area contributed by atoms with Crippen LogP contribution in [0.15, 0.2) is 9.49 Å². The summed E-state index contributed by atoms with van der Waals surface area (Å²) >= 11 is 0. The summed E-state index contributed by atoms with van der Waals surface area (Å²) < 4.78 is 14.5. The second-order valence-corrected chi connectivity index (χ2v) is 35.0. The van der Waals surface area contributed by atoms with E-state index >= 15 is 0 Å². The number of rotatable bonds is 4. The van der Waals surface area contributed by atoms with Crippen LogP contribution in [0.25, 0.3) is 19.4 Å². The zero-order chi connectivity index (χ0) is 45.8. The van der Waals surface area contributed by atoms with Crippen LogP contribution in [0, 0.1) is 26.3 Å². The van der Waals surface area contributed by atoms with Gasteiger partial charge < -0.3 is 19.4 Å². The first-order valence-corrected chi connectivity index (χ1v) is 27.4. The van der Waals surface area contributed by atoms with Gasteiger partial charge in [-0.1, -0.05) is 39.3 Å². The van der Waals surface area contributed by atoms with Crippen LogP contribution in [0.4, 0.5) is 0 Å². The van der Waals surface area contributed by atoms with Crippen molar-refractivity contribution < 1.29 is 63.2 Å². The molecule has 0 aromatic heterocycles. The molecule has 0 heterocycles. The third-order valence-electron chi connectivity index (χ3n) is 4.75. The van der Waals surface area contributed by atoms with E-state index in [1.54, 1.807) is 0 Å². The third kappa shape index (κ3) is 71.4. The molecule has 0 aromatic carbocycles. The Morgan fingerprint density at radius 2 is 0.491 bits per heavy atom. The quantitative estimate of drug-likeness (QED) is 0.160. The summed E-state index contributed by atoms with van der Waals surface area (Å²) in [7, 11) is -0.329. The Kier molecular flexibility index (Phi) is 43.1. The molecule has 0 fully saturated rings. The summed E-state index contributed by atoms with van der Waals surface area (Å²) in [6.45, 7) is 89.4. The van der Waals surface area contributed by atoms with Crippen LogP contribution >= 0.6 is 17.0 Å². The van der Waals surface area contributed by atoms with Crippen molar-refractivity contribution in [1.82, 2.24) is 8.67 Å². The summed E-state index contributed by atoms with van der Waals surface area (Å²) in [4.78, 5) is 13.1. The van der Waals surface area contributed by atoms with Crippen molar-refractivity contribution in [3.8, 4) is 0 Å². The van der Waals surface area contributed by atoms with E-state index < -0.39 is 16.5 Å². The van der Waals surface area contributed by atoms with Crippen molar-refractivity contribution in [2.75, 3.05) is 0 Å². The Morgan fingerprint density at radius 3 is 0.544 bits per heavy atom. The Bertz CT molecular complexity index is 1080. The summed E-state index contributed by atoms with van der Waals surface area (Å²) in [5.74, 6) is 0. The van der Waals surface area contributed by atoms with Crippen molar-refractivity contribution in [1.29, 1.82) is 0 Å². The standard InChI is InChI=1S/2C11H27N2PSi.4C5H9N.3Pt/c2*1-10(2,3)12-14-13(11(4,5)6)15(7,8)9;4*1-5(2,3)6-4;;;/h2*1-9H3;4*1-3H3;;;/q;;;;;;;;+2. The largest absolute Gasteiger partial charge is 2.00 e. The van der Waals surface area contributed by atoms with E-state index in [1.165, 1.54) is 0 Å². The molecule has 0 rings (SSSR count). The maximum Gasteiger partial charge on any atom is 2.00 e. The maximum atomic E-state index is 6.48. The molecule has 0 aromatic rings. The molecule has 57 heavy (non-hydrogen) atoms. The molecule has 0 bridgehead atoms. The summed E-state index contributed by atoms with van der Waals surface area (Å²) in [5.41, 5.74) is -0.128. The molecule has 344 valence electrons. The topological polar surface area (TPSA) is 48.6 Å². The van der Waals surface area contributed by atoms with Gasteiger partial charge in [0.05, 0.1) is 28.1 Å². The number of hydrogen-bond donors (Lipinski definition) is 0. The van der Waals surface area contributed by atoms with Gasteiger partial charge >= 0.3 is 21.1 Å². The minimum absolute atomic E-state index is 0. The number of nitrogens with zero attached hydrogens (tertiary/aromatic N) is 8. The molecule has 15 heteroatoms. The van der Waals surface area contributed by atoms with E-state index in [1.807, 2.05) is 83.1 Å². The average molecular weight is 1410 g/mol. The van der Waals surface area contributed by atoms with E-state index in [9.17, 15) is 0 Å². The molecule has 0 N–H and O–H groups in total. The SMILES string of the molecule is CC(C)(C)N=PN(C(C)(C)C)[Si](C)(C)C.CC(C)(C)N=PN(C(C)(C)C)[Si](C)(C)C.[C-]#[N+]C(C)(C)C.[C-]#[N+]C(C)(C)C.[C-]#[N+]C(C)(C)C.[C-]#[N+]C(C)(C)C.[Pt+2].[Pt].[Pt]. The Balaban J connectivity index is -0.0000000726. The van der Waals surface area contributed by atoms with Crippen molar-refractivity contribution in [2.45, 2.75) is 250 Å². The fourth-order valence-electron chi connectivity index (χ4n) is 2.91. The molecule has 0 saturated heterocycles. The van der Waals surface area contributed by atoms with Crippen molar-refractivity contribution in [3.05, 3.63) is 45.7 Å². The molecule has 8 nitrogen and oxygen atoms in total. The van der Waals surface area contributed by atoms with E-state index in [-0.39, 0.29) is 108 Å². The van der Waals surface area contributed by atoms with Gasteiger partial charge in [-0.25, -0.2) is 35.8 Å². The van der Waals surface area contributed by atoms with Gasteiger partial charge in [-0.3, -0.25) is 8.67 Å². The first-order valence-electron chi connectivity index (χ1n) is 18.9. The molecular weight excluding hydrogens is 1320 g/mol. The van der Waals surface area contributed by atoms with Crippen LogP contribution < -0.4 is 0 Å². The van der Waals surface area contributed by atoms with Crippen molar-refractivity contribution >= 4 is 33.5 Å². The first kappa shape index (κ1) is 78.1. The smallest absolute Gasteiger partial charge is 0.311 e. The van der Waals surface area contributed by atoms with Crippen LogP contribution in [0.2, 0.25) is 39.3 Å². The fourth-order valence-corrected chi connectivity index (χ4v) is 10.6. The van der Waals surface area contributed by atoms with Crippen LogP contribution in [0.5, 0.6) is 0 Å². The van der Waals surface area contributed by atoms with E-state index in [2.05, 4.69) is 150 Å². The summed E-state index contributed by atoms with van der Waals surface area (Å²) in [6.07, 6.45) is 0. The van der Waals surface area contributed by atoms with Gasteiger partial charge in [0.15, 0.2) is 0 Å². The third-order valence-corrected chi connectivity index (χ3v) is 15.7. The van der Waals surface area contributed by atoms with Gasteiger partial charge in [-0.15, -0.1) is 0 Å². The zero-order valence-electron chi connectivity index (χ0n) is 42.4. The predicted molar refractivity (Wildman–Crippen MR) is 253 cm³/mol. The van der Waals surface area contributed by atoms with E-state index in [0.717, 1.165) is 17.0 Å². The molecule has 0 unspecified atom stereocenters. The second-order valence-electron chi connectivity index (χ2n) is 23.2. The van der Waals surface area contributed by atoms with Crippen LogP contribution in [0.3, 0.4) is 0 Å². The minimum atomic E-state index is -1.29. The molecular formula is C42H90N8P2Pt3Si2+2. The normalized spacial score (nSPS) is 12.4. The molecule has 0 spiro atoms. The molecule has 0 aliphatic carbocycles. The Morgan fingerprint density at radius 1 is 0.368 bits per heavy atom. The van der Waals surface area contributed by atoms with Crippen molar-refractivity contribution in [2.24, 2.45) is 9.49 Å². The fraction of sp³-hybridized carbons (Fsp3) is 0.905. The minimum Gasteiger partial charge on any atom is -0.311 e. The summed E-state index contributed by atoms with van der Waals surface area (Å²) in [6, 6.07) is 0. The molecule has 0 aliphatic heterocycles. The van der Waals surface area contributed by atoms with Gasteiger partial charge in [-0.2, -0.15) is 0 Å². The van der Waals surface area contributed by atoms with E-state index in [0.29, 0.717) is 0 Å². The Hall–Kier alpha value is 0.579. The van der Waals surface area contributed by atoms with E-state index in [4.69, 9.17) is 35.8 Å². The Labute approximate surface area is 406 Å². The number of hydrogen-bond acceptors (Lipinski definition) is 2. The van der Waals surface area contributed by atoms with Gasteiger partial charge in [0.1, 0.15) is 16.5 Å². The van der Waals surface area contributed by atoms with Crippen LogP contribution in [-0.2, 0) is 63.2 Å². The van der Waals surface area contributed by atoms with Crippen LogP contribution in [-0.4, -0.2) is 69.5 Å². The average Bonchev–Trinajstić information content (AvgIpc) is 2.84. The molecule has 0 saturated carbocycles. The van der Waals surface area contributed by atoms with Crippen LogP contribution in [0.1, 0.15) is 166 Å². The molecule has 0 radical (unpaired) electrons. The molecule has 0 amide bonds. The van der Waals surface area contributed by atoms with Gasteiger partial charge in [0, 0.05) is 136 Å². The molecule has 0 aliphatic rings. The predicted octanol–water partition coefficient (Wildman–Crippen LogP) is 16.3.